The van der Waals surface area contributed by atoms with E-state index in [1.165, 1.54) is 0 Å². The van der Waals surface area contributed by atoms with Crippen molar-refractivity contribution in [3.63, 3.8) is 0 Å². The van der Waals surface area contributed by atoms with Gasteiger partial charge in [0, 0.05) is 24.6 Å². The highest BCUT2D eigenvalue weighted by Gasteiger charge is 2.14. The van der Waals surface area contributed by atoms with E-state index in [2.05, 4.69) is 4.98 Å². The fraction of sp³-hybridized carbons (Fsp3) is 0.217. The first-order valence-electron chi connectivity index (χ1n) is 9.44. The standard InChI is InChI=1S/C23H22N2O3/c1-2-25(16-17-7-11-21-22(15-17)28-14-13-27-21)23(26)12-10-19-9-8-18-5-3-4-6-20(18)24-19/h3-12,15H,2,13-14,16H2,1H3. The summed E-state index contributed by atoms with van der Waals surface area (Å²) in [7, 11) is 0. The normalized spacial score (nSPS) is 13.0. The second kappa shape index (κ2) is 8.13. The van der Waals surface area contributed by atoms with Gasteiger partial charge < -0.3 is 14.4 Å². The van der Waals surface area contributed by atoms with Crippen LogP contribution in [-0.4, -0.2) is 35.5 Å². The van der Waals surface area contributed by atoms with Gasteiger partial charge in [0.05, 0.1) is 11.2 Å². The van der Waals surface area contributed by atoms with E-state index in [0.717, 1.165) is 33.7 Å². The molecule has 0 saturated carbocycles. The molecule has 0 spiro atoms. The molecular weight excluding hydrogens is 352 g/mol. The van der Waals surface area contributed by atoms with Crippen LogP contribution in [-0.2, 0) is 11.3 Å². The van der Waals surface area contributed by atoms with Crippen LogP contribution in [0.3, 0.4) is 0 Å². The molecule has 1 amide bonds. The predicted molar refractivity (Wildman–Crippen MR) is 109 cm³/mol. The molecule has 1 aliphatic heterocycles. The molecule has 0 fully saturated rings. The Balaban J connectivity index is 1.46. The Kier molecular flexibility index (Phi) is 5.24. The quantitative estimate of drug-likeness (QED) is 0.632. The lowest BCUT2D eigenvalue weighted by Crippen LogP contribution is -2.28. The summed E-state index contributed by atoms with van der Waals surface area (Å²) in [6.07, 6.45) is 3.35. The van der Waals surface area contributed by atoms with Gasteiger partial charge in [0.2, 0.25) is 5.91 Å². The van der Waals surface area contributed by atoms with Gasteiger partial charge in [0.15, 0.2) is 11.5 Å². The molecular formula is C23H22N2O3. The molecule has 142 valence electrons. The number of rotatable bonds is 5. The third-order valence-corrected chi connectivity index (χ3v) is 4.69. The molecule has 2 aromatic carbocycles. The zero-order valence-corrected chi connectivity index (χ0v) is 15.8. The van der Waals surface area contributed by atoms with Crippen molar-refractivity contribution in [3.8, 4) is 11.5 Å². The van der Waals surface area contributed by atoms with Crippen LogP contribution in [0.25, 0.3) is 17.0 Å². The number of carbonyl (C=O) groups excluding carboxylic acids is 1. The van der Waals surface area contributed by atoms with E-state index in [9.17, 15) is 4.79 Å². The van der Waals surface area contributed by atoms with Crippen molar-refractivity contribution in [1.29, 1.82) is 0 Å². The number of fused-ring (bicyclic) bond motifs is 2. The number of aromatic nitrogens is 1. The second-order valence-electron chi connectivity index (χ2n) is 6.59. The van der Waals surface area contributed by atoms with Gasteiger partial charge in [-0.2, -0.15) is 0 Å². The zero-order valence-electron chi connectivity index (χ0n) is 15.8. The second-order valence-corrected chi connectivity index (χ2v) is 6.59. The molecule has 0 unspecified atom stereocenters. The highest BCUT2D eigenvalue weighted by Crippen LogP contribution is 2.31. The highest BCUT2D eigenvalue weighted by molar-refractivity contribution is 5.92. The van der Waals surface area contributed by atoms with Crippen LogP contribution in [0.5, 0.6) is 11.5 Å². The van der Waals surface area contributed by atoms with Gasteiger partial charge in [-0.05, 0) is 42.8 Å². The number of hydrogen-bond acceptors (Lipinski definition) is 4. The topological polar surface area (TPSA) is 51.7 Å². The summed E-state index contributed by atoms with van der Waals surface area (Å²) < 4.78 is 11.2. The fourth-order valence-electron chi connectivity index (χ4n) is 3.19. The minimum atomic E-state index is -0.0488. The van der Waals surface area contributed by atoms with Crippen molar-refractivity contribution in [2.45, 2.75) is 13.5 Å². The predicted octanol–water partition coefficient (Wildman–Crippen LogP) is 4.07. The number of benzene rings is 2. The van der Waals surface area contributed by atoms with Gasteiger partial charge in [-0.15, -0.1) is 0 Å². The summed E-state index contributed by atoms with van der Waals surface area (Å²) >= 11 is 0. The van der Waals surface area contributed by atoms with Gasteiger partial charge in [-0.3, -0.25) is 4.79 Å². The van der Waals surface area contributed by atoms with Crippen LogP contribution in [0.2, 0.25) is 0 Å². The maximum absolute atomic E-state index is 12.7. The Hall–Kier alpha value is -3.34. The summed E-state index contributed by atoms with van der Waals surface area (Å²) in [5.41, 5.74) is 2.69. The minimum Gasteiger partial charge on any atom is -0.486 e. The molecule has 2 heterocycles. The molecule has 0 bridgehead atoms. The molecule has 28 heavy (non-hydrogen) atoms. The number of carbonyl (C=O) groups is 1. The van der Waals surface area contributed by atoms with E-state index in [1.807, 2.05) is 61.5 Å². The van der Waals surface area contributed by atoms with Crippen molar-refractivity contribution in [2.75, 3.05) is 19.8 Å². The van der Waals surface area contributed by atoms with Crippen LogP contribution < -0.4 is 9.47 Å². The van der Waals surface area contributed by atoms with E-state index < -0.39 is 0 Å². The third-order valence-electron chi connectivity index (χ3n) is 4.69. The van der Waals surface area contributed by atoms with Crippen LogP contribution in [0.4, 0.5) is 0 Å². The number of ether oxygens (including phenoxy) is 2. The average Bonchev–Trinajstić information content (AvgIpc) is 2.75. The van der Waals surface area contributed by atoms with Gasteiger partial charge in [0.25, 0.3) is 0 Å². The van der Waals surface area contributed by atoms with Gasteiger partial charge in [-0.25, -0.2) is 4.98 Å². The number of para-hydroxylation sites is 1. The Bertz CT molecular complexity index is 1030. The molecule has 5 heteroatoms. The summed E-state index contributed by atoms with van der Waals surface area (Å²) in [6, 6.07) is 17.7. The first-order valence-corrected chi connectivity index (χ1v) is 9.44. The zero-order chi connectivity index (χ0) is 19.3. The number of amides is 1. The number of likely N-dealkylation sites (N-methyl/N-ethyl adjacent to an activating group) is 1. The lowest BCUT2D eigenvalue weighted by molar-refractivity contribution is -0.126. The minimum absolute atomic E-state index is 0.0488. The Morgan fingerprint density at radius 3 is 2.75 bits per heavy atom. The number of pyridine rings is 1. The molecule has 0 aliphatic carbocycles. The summed E-state index contributed by atoms with van der Waals surface area (Å²) in [6.45, 7) is 4.22. The smallest absolute Gasteiger partial charge is 0.246 e. The van der Waals surface area contributed by atoms with Crippen molar-refractivity contribution < 1.29 is 14.3 Å². The molecule has 1 aromatic heterocycles. The van der Waals surface area contributed by atoms with E-state index in [0.29, 0.717) is 26.3 Å². The molecule has 3 aromatic rings. The van der Waals surface area contributed by atoms with E-state index in [4.69, 9.17) is 9.47 Å². The van der Waals surface area contributed by atoms with Gasteiger partial charge in [0.1, 0.15) is 13.2 Å². The van der Waals surface area contributed by atoms with Crippen molar-refractivity contribution >= 4 is 22.9 Å². The lowest BCUT2D eigenvalue weighted by Gasteiger charge is -2.22. The molecule has 0 atom stereocenters. The molecule has 5 nitrogen and oxygen atoms in total. The first-order chi connectivity index (χ1) is 13.7. The first kappa shape index (κ1) is 18.0. The van der Waals surface area contributed by atoms with Gasteiger partial charge in [-0.1, -0.05) is 30.3 Å². The molecule has 0 N–H and O–H groups in total. The van der Waals surface area contributed by atoms with Crippen molar-refractivity contribution in [3.05, 3.63) is 71.9 Å². The highest BCUT2D eigenvalue weighted by atomic mass is 16.6. The van der Waals surface area contributed by atoms with Crippen LogP contribution in [0.1, 0.15) is 18.2 Å². The van der Waals surface area contributed by atoms with Crippen LogP contribution >= 0.6 is 0 Å². The van der Waals surface area contributed by atoms with Gasteiger partial charge >= 0.3 is 0 Å². The summed E-state index contributed by atoms with van der Waals surface area (Å²) in [5, 5.41) is 1.08. The van der Waals surface area contributed by atoms with Crippen molar-refractivity contribution in [2.24, 2.45) is 0 Å². The fourth-order valence-corrected chi connectivity index (χ4v) is 3.19. The van der Waals surface area contributed by atoms with Crippen LogP contribution in [0, 0.1) is 0 Å². The third kappa shape index (κ3) is 3.98. The largest absolute Gasteiger partial charge is 0.486 e. The monoisotopic (exact) mass is 374 g/mol. The average molecular weight is 374 g/mol. The summed E-state index contributed by atoms with van der Waals surface area (Å²) in [4.78, 5) is 19.0. The molecule has 4 rings (SSSR count). The molecule has 0 saturated heterocycles. The van der Waals surface area contributed by atoms with E-state index >= 15 is 0 Å². The molecule has 1 aliphatic rings. The number of nitrogens with zero attached hydrogens (tertiary/aromatic N) is 2. The summed E-state index contributed by atoms with van der Waals surface area (Å²) in [5.74, 6) is 1.45. The lowest BCUT2D eigenvalue weighted by atomic mass is 10.1. The number of hydrogen-bond donors (Lipinski definition) is 0. The van der Waals surface area contributed by atoms with Crippen molar-refractivity contribution in [1.82, 2.24) is 9.88 Å². The van der Waals surface area contributed by atoms with E-state index in [1.54, 1.807) is 17.1 Å². The molecule has 0 radical (unpaired) electrons. The Labute approximate surface area is 164 Å². The maximum Gasteiger partial charge on any atom is 0.246 e. The Morgan fingerprint density at radius 1 is 1.07 bits per heavy atom. The Morgan fingerprint density at radius 2 is 1.89 bits per heavy atom. The SMILES string of the molecule is CCN(Cc1ccc2c(c1)OCCO2)C(=O)C=Cc1ccc2ccccc2n1. The van der Waals surface area contributed by atoms with E-state index in [-0.39, 0.29) is 5.91 Å². The maximum atomic E-state index is 12.7. The van der Waals surface area contributed by atoms with Crippen LogP contribution in [0.15, 0.2) is 60.7 Å².